The first-order valence-corrected chi connectivity index (χ1v) is 7.71. The molecule has 0 bridgehead atoms. The van der Waals surface area contributed by atoms with Gasteiger partial charge in [0.1, 0.15) is 11.6 Å². The van der Waals surface area contributed by atoms with Crippen molar-refractivity contribution < 1.29 is 14.5 Å². The van der Waals surface area contributed by atoms with Crippen molar-refractivity contribution in [2.24, 2.45) is 5.41 Å². The highest BCUT2D eigenvalue weighted by atomic mass is 16.6. The smallest absolute Gasteiger partial charge is 0.316 e. The average Bonchev–Trinajstić information content (AvgIpc) is 2.97. The van der Waals surface area contributed by atoms with Crippen molar-refractivity contribution in [3.8, 4) is 17.1 Å². The van der Waals surface area contributed by atoms with E-state index in [9.17, 15) is 14.9 Å². The molecule has 0 amide bonds. The van der Waals surface area contributed by atoms with Crippen molar-refractivity contribution in [2.45, 2.75) is 20.8 Å². The summed E-state index contributed by atoms with van der Waals surface area (Å²) >= 11 is 0. The Bertz CT molecular complexity index is 970. The van der Waals surface area contributed by atoms with Crippen LogP contribution >= 0.6 is 0 Å². The van der Waals surface area contributed by atoms with Gasteiger partial charge in [0.05, 0.1) is 26.9 Å². The quantitative estimate of drug-likeness (QED) is 0.335. The van der Waals surface area contributed by atoms with E-state index in [0.717, 1.165) is 0 Å². The summed E-state index contributed by atoms with van der Waals surface area (Å²) in [5.41, 5.74) is 1.09. The van der Waals surface area contributed by atoms with Gasteiger partial charge in [-0.1, -0.05) is 12.1 Å². The Kier molecular flexibility index (Phi) is 4.00. The standard InChI is InChI=1S/C18H17N3O4/c1-18(2,3)17(22)25-15-7-5-4-6-12(15)16-19-13-9-8-11(21(23)24)10-14(13)20-16/h4-10H,1-3H3,(H,19,20). The number of H-pyrrole nitrogens is 1. The van der Waals surface area contributed by atoms with Crippen LogP contribution in [0.5, 0.6) is 5.75 Å². The summed E-state index contributed by atoms with van der Waals surface area (Å²) in [6, 6.07) is 11.4. The van der Waals surface area contributed by atoms with Crippen LogP contribution in [0.3, 0.4) is 0 Å². The normalized spacial score (nSPS) is 11.5. The number of carbonyl (C=O) groups is 1. The molecule has 128 valence electrons. The zero-order valence-corrected chi connectivity index (χ0v) is 14.1. The first-order valence-electron chi connectivity index (χ1n) is 7.71. The molecule has 0 aliphatic carbocycles. The number of ether oxygens (including phenoxy) is 1. The monoisotopic (exact) mass is 339 g/mol. The maximum atomic E-state index is 12.2. The first kappa shape index (κ1) is 16.6. The van der Waals surface area contributed by atoms with Crippen LogP contribution in [-0.2, 0) is 4.79 Å². The minimum atomic E-state index is -0.637. The fourth-order valence-electron chi connectivity index (χ4n) is 2.24. The van der Waals surface area contributed by atoms with Crippen LogP contribution in [0.25, 0.3) is 22.4 Å². The van der Waals surface area contributed by atoms with Crippen LogP contribution in [0.4, 0.5) is 5.69 Å². The Morgan fingerprint density at radius 1 is 1.20 bits per heavy atom. The molecule has 1 N–H and O–H groups in total. The Balaban J connectivity index is 2.03. The SMILES string of the molecule is CC(C)(C)C(=O)Oc1ccccc1-c1nc2ccc([N+](=O)[O-])cc2[nH]1. The number of hydrogen-bond acceptors (Lipinski definition) is 5. The molecular formula is C18H17N3O4. The van der Waals surface area contributed by atoms with Crippen molar-refractivity contribution in [1.29, 1.82) is 0 Å². The summed E-state index contributed by atoms with van der Waals surface area (Å²) in [5, 5.41) is 10.9. The number of carbonyl (C=O) groups excluding carboxylic acids is 1. The molecule has 3 rings (SSSR count). The minimum Gasteiger partial charge on any atom is -0.425 e. The summed E-state index contributed by atoms with van der Waals surface area (Å²) in [6.45, 7) is 5.33. The molecular weight excluding hydrogens is 322 g/mol. The fraction of sp³-hybridized carbons (Fsp3) is 0.222. The third-order valence-electron chi connectivity index (χ3n) is 3.63. The highest BCUT2D eigenvalue weighted by Crippen LogP contribution is 2.31. The molecule has 0 aliphatic heterocycles. The second-order valence-corrected chi connectivity index (χ2v) is 6.68. The second-order valence-electron chi connectivity index (χ2n) is 6.68. The van der Waals surface area contributed by atoms with Crippen LogP contribution in [-0.4, -0.2) is 20.9 Å². The van der Waals surface area contributed by atoms with Crippen LogP contribution in [0.15, 0.2) is 42.5 Å². The van der Waals surface area contributed by atoms with Gasteiger partial charge in [0, 0.05) is 12.1 Å². The minimum absolute atomic E-state index is 0.0184. The predicted molar refractivity (Wildman–Crippen MR) is 93.3 cm³/mol. The van der Waals surface area contributed by atoms with Crippen molar-refractivity contribution >= 4 is 22.7 Å². The van der Waals surface area contributed by atoms with Gasteiger partial charge in [0.15, 0.2) is 0 Å². The Morgan fingerprint density at radius 3 is 2.60 bits per heavy atom. The predicted octanol–water partition coefficient (Wildman–Crippen LogP) is 4.09. The van der Waals surface area contributed by atoms with Gasteiger partial charge in [0.25, 0.3) is 5.69 Å². The highest BCUT2D eigenvalue weighted by molar-refractivity contribution is 5.84. The topological polar surface area (TPSA) is 98.1 Å². The Morgan fingerprint density at radius 2 is 1.92 bits per heavy atom. The number of non-ortho nitro benzene ring substituents is 1. The number of nitrogens with one attached hydrogen (secondary N) is 1. The van der Waals surface area contributed by atoms with E-state index in [1.807, 2.05) is 0 Å². The first-order chi connectivity index (χ1) is 11.8. The zero-order valence-electron chi connectivity index (χ0n) is 14.1. The van der Waals surface area contributed by atoms with Crippen LogP contribution in [0, 0.1) is 15.5 Å². The number of nitro groups is 1. The van der Waals surface area contributed by atoms with Gasteiger partial charge in [-0.15, -0.1) is 0 Å². The number of hydrogen-bond donors (Lipinski definition) is 1. The molecule has 7 nitrogen and oxygen atoms in total. The molecule has 0 aliphatic rings. The number of para-hydroxylation sites is 1. The summed E-state index contributed by atoms with van der Waals surface area (Å²) in [7, 11) is 0. The lowest BCUT2D eigenvalue weighted by molar-refractivity contribution is -0.384. The van der Waals surface area contributed by atoms with Gasteiger partial charge in [0.2, 0.25) is 0 Å². The number of aromatic nitrogens is 2. The van der Waals surface area contributed by atoms with E-state index in [0.29, 0.717) is 28.2 Å². The summed E-state index contributed by atoms with van der Waals surface area (Å²) < 4.78 is 5.52. The summed E-state index contributed by atoms with van der Waals surface area (Å²) in [6.07, 6.45) is 0. The van der Waals surface area contributed by atoms with E-state index in [4.69, 9.17) is 4.74 Å². The molecule has 1 heterocycles. The molecule has 0 atom stereocenters. The van der Waals surface area contributed by atoms with Crippen molar-refractivity contribution in [3.05, 3.63) is 52.6 Å². The van der Waals surface area contributed by atoms with E-state index in [2.05, 4.69) is 9.97 Å². The van der Waals surface area contributed by atoms with E-state index < -0.39 is 10.3 Å². The number of nitro benzene ring substituents is 1. The lowest BCUT2D eigenvalue weighted by atomic mass is 9.97. The van der Waals surface area contributed by atoms with Gasteiger partial charge in [-0.2, -0.15) is 0 Å². The lowest BCUT2D eigenvalue weighted by Crippen LogP contribution is -2.25. The number of imidazole rings is 1. The summed E-state index contributed by atoms with van der Waals surface area (Å²) in [4.78, 5) is 30.1. The molecule has 25 heavy (non-hydrogen) atoms. The van der Waals surface area contributed by atoms with Gasteiger partial charge in [-0.25, -0.2) is 4.98 Å². The maximum Gasteiger partial charge on any atom is 0.316 e. The van der Waals surface area contributed by atoms with E-state index in [1.165, 1.54) is 12.1 Å². The molecule has 0 saturated carbocycles. The van der Waals surface area contributed by atoms with Gasteiger partial charge < -0.3 is 9.72 Å². The molecule has 3 aromatic rings. The maximum absolute atomic E-state index is 12.2. The van der Waals surface area contributed by atoms with Crippen molar-refractivity contribution in [1.82, 2.24) is 9.97 Å². The third kappa shape index (κ3) is 3.35. The Hall–Kier alpha value is -3.22. The van der Waals surface area contributed by atoms with Gasteiger partial charge >= 0.3 is 5.97 Å². The molecule has 0 radical (unpaired) electrons. The number of aromatic amines is 1. The molecule has 2 aromatic carbocycles. The number of esters is 1. The molecule has 0 saturated heterocycles. The number of fused-ring (bicyclic) bond motifs is 1. The molecule has 1 aromatic heterocycles. The fourth-order valence-corrected chi connectivity index (χ4v) is 2.24. The Labute approximate surface area is 143 Å². The van der Waals surface area contributed by atoms with Crippen LogP contribution in [0.1, 0.15) is 20.8 Å². The molecule has 0 unspecified atom stereocenters. The van der Waals surface area contributed by atoms with Gasteiger partial charge in [-0.05, 0) is 39.0 Å². The highest BCUT2D eigenvalue weighted by Gasteiger charge is 2.25. The van der Waals surface area contributed by atoms with Crippen LogP contribution in [0.2, 0.25) is 0 Å². The number of rotatable bonds is 3. The van der Waals surface area contributed by atoms with Crippen molar-refractivity contribution in [2.75, 3.05) is 0 Å². The van der Waals surface area contributed by atoms with E-state index >= 15 is 0 Å². The molecule has 0 spiro atoms. The van der Waals surface area contributed by atoms with E-state index in [1.54, 1.807) is 51.1 Å². The van der Waals surface area contributed by atoms with Gasteiger partial charge in [-0.3, -0.25) is 14.9 Å². The van der Waals surface area contributed by atoms with E-state index in [-0.39, 0.29) is 11.7 Å². The van der Waals surface area contributed by atoms with Crippen molar-refractivity contribution in [3.63, 3.8) is 0 Å². The number of benzene rings is 2. The third-order valence-corrected chi connectivity index (χ3v) is 3.63. The molecule has 7 heteroatoms. The number of nitrogens with zero attached hydrogens (tertiary/aromatic N) is 2. The largest absolute Gasteiger partial charge is 0.425 e. The second kappa shape index (κ2) is 6.01. The van der Waals surface area contributed by atoms with Crippen LogP contribution < -0.4 is 4.74 Å². The zero-order chi connectivity index (χ0) is 18.2. The lowest BCUT2D eigenvalue weighted by Gasteiger charge is -2.17. The average molecular weight is 339 g/mol. The molecule has 0 fully saturated rings. The summed E-state index contributed by atoms with van der Waals surface area (Å²) in [5.74, 6) is 0.510.